The van der Waals surface area contributed by atoms with Crippen molar-refractivity contribution in [2.24, 2.45) is 23.7 Å². The fourth-order valence-electron chi connectivity index (χ4n) is 13.6. The summed E-state index contributed by atoms with van der Waals surface area (Å²) in [6, 6.07) is 28.7. The van der Waals surface area contributed by atoms with E-state index < -0.39 is 82.2 Å². The van der Waals surface area contributed by atoms with Crippen LogP contribution >= 0.6 is 35.3 Å². The molecule has 4 aliphatic rings. The molecule has 8 atom stereocenters. The van der Waals surface area contributed by atoms with Gasteiger partial charge in [0.05, 0.1) is 18.8 Å². The van der Waals surface area contributed by atoms with Crippen LogP contribution in [0.25, 0.3) is 0 Å². The second-order valence-corrected chi connectivity index (χ2v) is 30.4. The van der Waals surface area contributed by atoms with Crippen LogP contribution in [0.2, 0.25) is 0 Å². The molecule has 20 nitrogen and oxygen atoms in total. The molecule has 0 radical (unpaired) electrons. The number of likely N-dealkylation sites (tertiary alicyclic amines) is 2. The monoisotopic (exact) mass is 1410 g/mol. The number of ether oxygens (including phenoxy) is 5. The number of rotatable bonds is 27. The number of aliphatic carboxylic acids is 3. The van der Waals surface area contributed by atoms with Crippen molar-refractivity contribution in [1.29, 1.82) is 0 Å². The minimum Gasteiger partial charge on any atom is -0.758 e. The number of nitrogens with zero attached hydrogens (tertiary/aromatic N) is 3. The van der Waals surface area contributed by atoms with Gasteiger partial charge in [0.15, 0.2) is 28.4 Å². The van der Waals surface area contributed by atoms with E-state index in [1.165, 1.54) is 74.9 Å². The molecule has 5 aromatic carbocycles. The van der Waals surface area contributed by atoms with Crippen LogP contribution < -0.4 is 19.9 Å². The van der Waals surface area contributed by atoms with Gasteiger partial charge in [-0.15, -0.1) is 35.3 Å². The van der Waals surface area contributed by atoms with Gasteiger partial charge in [0, 0.05) is 125 Å². The highest BCUT2D eigenvalue weighted by Gasteiger charge is 2.48. The molecule has 3 saturated heterocycles. The molecule has 23 heteroatoms. The van der Waals surface area contributed by atoms with Gasteiger partial charge in [-0.3, -0.25) is 9.59 Å². The van der Waals surface area contributed by atoms with Crippen molar-refractivity contribution in [3.8, 4) is 11.5 Å². The van der Waals surface area contributed by atoms with Crippen LogP contribution in [-0.2, 0) is 41.4 Å². The number of nitrogens with one attached hydrogen (secondary N) is 1. The van der Waals surface area contributed by atoms with Gasteiger partial charge < -0.3 is 64.4 Å². The Morgan fingerprint density at radius 1 is 0.586 bits per heavy atom. The summed E-state index contributed by atoms with van der Waals surface area (Å²) in [5.74, 6) is -6.15. The zero-order chi connectivity index (χ0) is 72.2. The SMILES string of the molecule is CSc1ccc(C(=O)[C@H]2CN(C(=O)OCCc3cc([C@@H]4CNC[C@H]4C(=O)c4ccc(SC)cc4)cc(C)c3OC(C)(C)C(=O)O)C[C@@H]2c2cc(C)c(OC(C)(C)C(=O)O)c(CCOC(=O)N3C[C@@H](N([O-])c4ccc(SC)cc4)[C@H](C4=CC(C)C(C)(OC(C)(C)C(=O)O)C(C)=C4)C3)c2)cc1. The number of Topliss-reactive ketones (excluding diaryl/α,β-unsaturated/α-hetero) is 2. The number of thioether (sulfide) groups is 3. The van der Waals surface area contributed by atoms with Gasteiger partial charge in [-0.05, 0) is 181 Å². The normalized spacial score (nSPS) is 21.7. The second-order valence-electron chi connectivity index (χ2n) is 27.8. The maximum absolute atomic E-state index is 15.0. The minimum absolute atomic E-state index is 0.0000837. The van der Waals surface area contributed by atoms with Crippen molar-refractivity contribution in [3.63, 3.8) is 0 Å². The molecule has 3 fully saturated rings. The van der Waals surface area contributed by atoms with Crippen molar-refractivity contribution in [3.05, 3.63) is 170 Å². The first-order chi connectivity index (χ1) is 46.7. The van der Waals surface area contributed by atoms with E-state index >= 15 is 0 Å². The van der Waals surface area contributed by atoms with Crippen molar-refractivity contribution < 1.29 is 72.6 Å². The lowest BCUT2D eigenvalue weighted by Gasteiger charge is -2.45. The Bertz CT molecular complexity index is 3930. The van der Waals surface area contributed by atoms with Gasteiger partial charge in [-0.2, -0.15) is 0 Å². The van der Waals surface area contributed by atoms with Crippen molar-refractivity contribution in [2.45, 2.75) is 144 Å². The summed E-state index contributed by atoms with van der Waals surface area (Å²) < 4.78 is 31.1. The number of allylic oxidation sites excluding steroid dienone is 1. The fourth-order valence-corrected chi connectivity index (χ4v) is 14.8. The highest BCUT2D eigenvalue weighted by molar-refractivity contribution is 7.99. The largest absolute Gasteiger partial charge is 0.758 e. The molecule has 2 amide bonds. The standard InChI is InChI=1S/C76H91N4O16S3/c1-43-31-51(58-37-77-38-59(58)64(81)47-15-21-55(97-12)22-16-47)35-49(66(43)94-73(5,6)68(83)84)27-29-92-71(89)78-39-60(62(41-78)65(82)48-17-23-56(98-13)24-18-48)52-32-44(2)67(95-74(7,8)69(85)86)50(36-52)28-30-93-72(90)79-40-61(63(42-79)80(91)54-19-25-57(99-14)26-20-54)53-33-45(3)76(11,46(4)34-53)96-75(9,10)70(87)88/h15-26,31-36,45,58-63,77H,27-30,37-42H2,1-14H3,(H,83,84)(H,85,86)(H,87,88)/q-1/t45?,58-,59+,60+,61-,62-,63+,76?/m0/s1. The Morgan fingerprint density at radius 3 is 1.47 bits per heavy atom. The summed E-state index contributed by atoms with van der Waals surface area (Å²) in [6.45, 7) is 18.7. The Labute approximate surface area is 592 Å². The van der Waals surface area contributed by atoms with Crippen molar-refractivity contribution in [1.82, 2.24) is 15.1 Å². The maximum Gasteiger partial charge on any atom is 0.409 e. The molecule has 0 saturated carbocycles. The van der Waals surface area contributed by atoms with Crippen LogP contribution in [-0.4, -0.2) is 166 Å². The number of hydrogen-bond acceptors (Lipinski definition) is 18. The number of carbonyl (C=O) groups is 7. The van der Waals surface area contributed by atoms with E-state index in [1.54, 1.807) is 49.0 Å². The van der Waals surface area contributed by atoms with Crippen LogP contribution in [0.5, 0.6) is 11.5 Å². The van der Waals surface area contributed by atoms with E-state index in [0.717, 1.165) is 36.5 Å². The smallest absolute Gasteiger partial charge is 0.409 e. The molecule has 4 N–H and O–H groups in total. The van der Waals surface area contributed by atoms with Crippen molar-refractivity contribution in [2.75, 3.05) is 76.3 Å². The number of anilines is 1. The zero-order valence-corrected chi connectivity index (χ0v) is 61.2. The molecule has 0 aromatic heterocycles. The molecule has 530 valence electrons. The van der Waals surface area contributed by atoms with Gasteiger partial charge in [-0.1, -0.05) is 67.6 Å². The molecule has 0 bridgehead atoms. The van der Waals surface area contributed by atoms with E-state index in [1.807, 2.05) is 125 Å². The quantitative estimate of drug-likeness (QED) is 0.0216. The number of hydroxylamine groups is 1. The summed E-state index contributed by atoms with van der Waals surface area (Å²) in [4.78, 5) is 102. The third-order valence-corrected chi connectivity index (χ3v) is 22.1. The maximum atomic E-state index is 15.0. The lowest BCUT2D eigenvalue weighted by molar-refractivity contribution is -0.181. The van der Waals surface area contributed by atoms with E-state index in [4.69, 9.17) is 23.7 Å². The first-order valence-corrected chi connectivity index (χ1v) is 36.8. The third-order valence-electron chi connectivity index (χ3n) is 19.8. The number of benzene rings is 5. The summed E-state index contributed by atoms with van der Waals surface area (Å²) in [5.41, 5.74) is 0.770. The number of hydrogen-bond donors (Lipinski definition) is 4. The van der Waals surface area contributed by atoms with Gasteiger partial charge in [0.2, 0.25) is 0 Å². The van der Waals surface area contributed by atoms with E-state index in [2.05, 4.69) is 5.32 Å². The van der Waals surface area contributed by atoms with Gasteiger partial charge in [0.1, 0.15) is 11.5 Å². The van der Waals surface area contributed by atoms with Gasteiger partial charge in [0.25, 0.3) is 0 Å². The molecule has 3 aliphatic heterocycles. The summed E-state index contributed by atoms with van der Waals surface area (Å²) in [5, 5.41) is 49.4. The molecular formula is C76H91N4O16S3-. The third kappa shape index (κ3) is 16.8. The molecule has 99 heavy (non-hydrogen) atoms. The first kappa shape index (κ1) is 75.4. The predicted molar refractivity (Wildman–Crippen MR) is 384 cm³/mol. The predicted octanol–water partition coefficient (Wildman–Crippen LogP) is 13.6. The Kier molecular flexibility index (Phi) is 23.6. The van der Waals surface area contributed by atoms with Crippen LogP contribution in [0.15, 0.2) is 135 Å². The molecular weight excluding hydrogens is 1320 g/mol. The van der Waals surface area contributed by atoms with Gasteiger partial charge >= 0.3 is 30.1 Å². The Morgan fingerprint density at radius 2 is 1.02 bits per heavy atom. The lowest BCUT2D eigenvalue weighted by atomic mass is 9.75. The summed E-state index contributed by atoms with van der Waals surface area (Å²) >= 11 is 4.65. The molecule has 5 aromatic rings. The highest BCUT2D eigenvalue weighted by Crippen LogP contribution is 2.45. The number of aryl methyl sites for hydroxylation is 2. The number of carboxylic acid groups (broad SMARTS) is 3. The van der Waals surface area contributed by atoms with Crippen LogP contribution in [0.1, 0.15) is 128 Å². The summed E-state index contributed by atoms with van der Waals surface area (Å²) in [6.07, 6.45) is 8.46. The van der Waals surface area contributed by atoms with Gasteiger partial charge in [-0.25, -0.2) is 24.0 Å². The topological polar surface area (TPSA) is 271 Å². The van der Waals surface area contributed by atoms with E-state index in [0.29, 0.717) is 63.5 Å². The number of carboxylic acids is 3. The highest BCUT2D eigenvalue weighted by atomic mass is 32.2. The van der Waals surface area contributed by atoms with E-state index in [9.17, 15) is 54.1 Å². The first-order valence-electron chi connectivity index (χ1n) is 33.2. The molecule has 3 heterocycles. The molecule has 1 aliphatic carbocycles. The lowest BCUT2D eigenvalue weighted by Crippen LogP contribution is -2.49. The Hall–Kier alpha value is -7.80. The average Bonchev–Trinajstić information content (AvgIpc) is 1.75. The zero-order valence-electron chi connectivity index (χ0n) is 58.7. The summed E-state index contributed by atoms with van der Waals surface area (Å²) in [7, 11) is 0. The van der Waals surface area contributed by atoms with E-state index in [-0.39, 0.29) is 81.4 Å². The van der Waals surface area contributed by atoms with Crippen molar-refractivity contribution >= 4 is 82.6 Å². The average molecular weight is 1410 g/mol. The number of ketones is 2. The molecule has 2 unspecified atom stereocenters. The fraction of sp³-hybridized carbons (Fsp3) is 0.461. The Balaban J connectivity index is 0.978. The second kappa shape index (κ2) is 31.0. The minimum atomic E-state index is -1.73. The van der Waals surface area contributed by atoms with Crippen LogP contribution in [0, 0.1) is 42.7 Å². The number of carbonyl (C=O) groups excluding carboxylic acids is 4. The molecule has 0 spiro atoms. The van der Waals surface area contributed by atoms with Crippen LogP contribution in [0.4, 0.5) is 15.3 Å². The molecule has 9 rings (SSSR count). The van der Waals surface area contributed by atoms with Crippen LogP contribution in [0.3, 0.4) is 0 Å². The number of amides is 2.